The molecule has 1 amide bonds. The van der Waals surface area contributed by atoms with Crippen LogP contribution in [0.1, 0.15) is 22.3 Å². The Morgan fingerprint density at radius 1 is 1.11 bits per heavy atom. The van der Waals surface area contributed by atoms with Gasteiger partial charge in [-0.05, 0) is 24.1 Å². The molecule has 4 rings (SSSR count). The van der Waals surface area contributed by atoms with E-state index in [1.807, 2.05) is 17.0 Å². The third-order valence-corrected chi connectivity index (χ3v) is 5.39. The van der Waals surface area contributed by atoms with Crippen molar-refractivity contribution in [2.24, 2.45) is 0 Å². The zero-order chi connectivity index (χ0) is 19.2. The second-order valence-electron chi connectivity index (χ2n) is 7.33. The van der Waals surface area contributed by atoms with E-state index in [9.17, 15) is 4.79 Å². The quantitative estimate of drug-likeness (QED) is 0.768. The van der Waals surface area contributed by atoms with Gasteiger partial charge in [-0.15, -0.1) is 0 Å². The maximum absolute atomic E-state index is 13.0. The number of nitrogens with zero attached hydrogens (tertiary/aromatic N) is 3. The highest BCUT2D eigenvalue weighted by molar-refractivity contribution is 5.96. The lowest BCUT2D eigenvalue weighted by Crippen LogP contribution is -2.49. The number of rotatable bonds is 6. The van der Waals surface area contributed by atoms with Crippen molar-refractivity contribution in [3.63, 3.8) is 0 Å². The number of pyridine rings is 1. The van der Waals surface area contributed by atoms with Crippen molar-refractivity contribution in [1.29, 1.82) is 0 Å². The molecule has 2 aliphatic rings. The molecule has 0 saturated carbocycles. The first-order valence-electron chi connectivity index (χ1n) is 10.0. The summed E-state index contributed by atoms with van der Waals surface area (Å²) in [6.45, 7) is 5.53. The molecule has 3 heterocycles. The van der Waals surface area contributed by atoms with Gasteiger partial charge < -0.3 is 14.4 Å². The molecule has 6 nitrogen and oxygen atoms in total. The Bertz CT molecular complexity index is 770. The van der Waals surface area contributed by atoms with Crippen LogP contribution in [0.5, 0.6) is 5.88 Å². The molecule has 6 heteroatoms. The van der Waals surface area contributed by atoms with Crippen LogP contribution in [0.2, 0.25) is 0 Å². The Morgan fingerprint density at radius 3 is 2.68 bits per heavy atom. The van der Waals surface area contributed by atoms with Gasteiger partial charge in [0.25, 0.3) is 5.91 Å². The SMILES string of the molecule is O=C(c1cccnc1O[C@H]1CCOC1)N1CCN(CCc2ccccc2)CC1. The maximum Gasteiger partial charge on any atom is 0.259 e. The minimum atomic E-state index is -0.0173. The van der Waals surface area contributed by atoms with Crippen molar-refractivity contribution in [2.45, 2.75) is 18.9 Å². The fraction of sp³-hybridized carbons (Fsp3) is 0.455. The fourth-order valence-electron chi connectivity index (χ4n) is 3.69. The van der Waals surface area contributed by atoms with Gasteiger partial charge in [-0.3, -0.25) is 9.69 Å². The first-order chi connectivity index (χ1) is 13.8. The van der Waals surface area contributed by atoms with Crippen LogP contribution >= 0.6 is 0 Å². The fourth-order valence-corrected chi connectivity index (χ4v) is 3.69. The van der Waals surface area contributed by atoms with Gasteiger partial charge in [-0.25, -0.2) is 4.98 Å². The maximum atomic E-state index is 13.0. The summed E-state index contributed by atoms with van der Waals surface area (Å²) in [5.74, 6) is 0.430. The third-order valence-electron chi connectivity index (χ3n) is 5.39. The van der Waals surface area contributed by atoms with Crippen molar-refractivity contribution in [3.8, 4) is 5.88 Å². The molecule has 2 aliphatic heterocycles. The number of aromatic nitrogens is 1. The Labute approximate surface area is 166 Å². The molecule has 2 aromatic rings. The van der Waals surface area contributed by atoms with E-state index < -0.39 is 0 Å². The number of hydrogen-bond donors (Lipinski definition) is 0. The molecule has 0 bridgehead atoms. The second-order valence-corrected chi connectivity index (χ2v) is 7.33. The van der Waals surface area contributed by atoms with Gasteiger partial charge in [0.05, 0.1) is 13.2 Å². The van der Waals surface area contributed by atoms with E-state index in [-0.39, 0.29) is 12.0 Å². The van der Waals surface area contributed by atoms with E-state index in [0.717, 1.165) is 45.6 Å². The van der Waals surface area contributed by atoms with Crippen LogP contribution in [0.15, 0.2) is 48.7 Å². The summed E-state index contributed by atoms with van der Waals surface area (Å²) in [5.41, 5.74) is 1.90. The number of carbonyl (C=O) groups excluding carboxylic acids is 1. The molecule has 148 valence electrons. The van der Waals surface area contributed by atoms with Crippen LogP contribution in [0.3, 0.4) is 0 Å². The molecule has 0 aliphatic carbocycles. The summed E-state index contributed by atoms with van der Waals surface area (Å²) >= 11 is 0. The average Bonchev–Trinajstić information content (AvgIpc) is 3.26. The van der Waals surface area contributed by atoms with Gasteiger partial charge in [0.2, 0.25) is 5.88 Å². The normalized spacial score (nSPS) is 20.3. The molecular formula is C22H27N3O3. The summed E-state index contributed by atoms with van der Waals surface area (Å²) < 4.78 is 11.3. The van der Waals surface area contributed by atoms with Crippen LogP contribution in [-0.2, 0) is 11.2 Å². The highest BCUT2D eigenvalue weighted by atomic mass is 16.5. The predicted octanol–water partition coefficient (Wildman–Crippen LogP) is 2.25. The number of ether oxygens (including phenoxy) is 2. The molecule has 28 heavy (non-hydrogen) atoms. The molecule has 0 unspecified atom stereocenters. The third kappa shape index (κ3) is 4.69. The van der Waals surface area contributed by atoms with Crippen LogP contribution in [0.25, 0.3) is 0 Å². The van der Waals surface area contributed by atoms with Crippen molar-refractivity contribution in [3.05, 3.63) is 59.8 Å². The summed E-state index contributed by atoms with van der Waals surface area (Å²) in [4.78, 5) is 21.7. The average molecular weight is 381 g/mol. The smallest absolute Gasteiger partial charge is 0.259 e. The summed E-state index contributed by atoms with van der Waals surface area (Å²) in [6.07, 6.45) is 3.53. The van der Waals surface area contributed by atoms with Gasteiger partial charge in [-0.2, -0.15) is 0 Å². The minimum Gasteiger partial charge on any atom is -0.471 e. The zero-order valence-electron chi connectivity index (χ0n) is 16.1. The summed E-state index contributed by atoms with van der Waals surface area (Å²) in [7, 11) is 0. The van der Waals surface area contributed by atoms with Crippen molar-refractivity contribution in [1.82, 2.24) is 14.8 Å². The second kappa shape index (κ2) is 9.17. The minimum absolute atomic E-state index is 0.00437. The summed E-state index contributed by atoms with van der Waals surface area (Å²) in [6, 6.07) is 14.1. The predicted molar refractivity (Wildman–Crippen MR) is 107 cm³/mol. The van der Waals surface area contributed by atoms with E-state index in [1.54, 1.807) is 12.3 Å². The first-order valence-corrected chi connectivity index (χ1v) is 10.0. The van der Waals surface area contributed by atoms with E-state index in [0.29, 0.717) is 24.7 Å². The van der Waals surface area contributed by atoms with Crippen molar-refractivity contribution >= 4 is 5.91 Å². The lowest BCUT2D eigenvalue weighted by molar-refractivity contribution is 0.0628. The molecule has 1 atom stereocenters. The van der Waals surface area contributed by atoms with E-state index >= 15 is 0 Å². The number of hydrogen-bond acceptors (Lipinski definition) is 5. The van der Waals surface area contributed by atoms with Crippen LogP contribution < -0.4 is 4.74 Å². The molecule has 1 aromatic carbocycles. The molecule has 0 radical (unpaired) electrons. The number of benzene rings is 1. The standard InChI is InChI=1S/C22H27N3O3/c26-22(20-7-4-10-23-21(20)28-19-9-16-27-17-19)25-14-12-24(13-15-25)11-8-18-5-2-1-3-6-18/h1-7,10,19H,8-9,11-17H2/t19-/m0/s1. The largest absolute Gasteiger partial charge is 0.471 e. The highest BCUT2D eigenvalue weighted by Gasteiger charge is 2.26. The van der Waals surface area contributed by atoms with E-state index in [1.165, 1.54) is 5.56 Å². The van der Waals surface area contributed by atoms with Gasteiger partial charge in [0, 0.05) is 45.3 Å². The van der Waals surface area contributed by atoms with Gasteiger partial charge in [0.15, 0.2) is 0 Å². The Hall–Kier alpha value is -2.44. The Kier molecular flexibility index (Phi) is 6.19. The number of carbonyl (C=O) groups is 1. The molecule has 0 spiro atoms. The highest BCUT2D eigenvalue weighted by Crippen LogP contribution is 2.21. The van der Waals surface area contributed by atoms with E-state index in [2.05, 4.69) is 34.1 Å². The summed E-state index contributed by atoms with van der Waals surface area (Å²) in [5, 5.41) is 0. The Balaban J connectivity index is 1.31. The van der Waals surface area contributed by atoms with Crippen molar-refractivity contribution < 1.29 is 14.3 Å². The number of piperazine rings is 1. The molecule has 2 fully saturated rings. The molecule has 2 saturated heterocycles. The van der Waals surface area contributed by atoms with Gasteiger partial charge >= 0.3 is 0 Å². The lowest BCUT2D eigenvalue weighted by atomic mass is 10.1. The van der Waals surface area contributed by atoms with Crippen LogP contribution in [0.4, 0.5) is 0 Å². The van der Waals surface area contributed by atoms with E-state index in [4.69, 9.17) is 9.47 Å². The zero-order valence-corrected chi connectivity index (χ0v) is 16.1. The van der Waals surface area contributed by atoms with Gasteiger partial charge in [-0.1, -0.05) is 30.3 Å². The van der Waals surface area contributed by atoms with Crippen molar-refractivity contribution in [2.75, 3.05) is 45.9 Å². The molecular weight excluding hydrogens is 354 g/mol. The van der Waals surface area contributed by atoms with Crippen LogP contribution in [-0.4, -0.2) is 72.7 Å². The number of amides is 1. The van der Waals surface area contributed by atoms with Gasteiger partial charge in [0.1, 0.15) is 11.7 Å². The monoisotopic (exact) mass is 381 g/mol. The Morgan fingerprint density at radius 2 is 1.93 bits per heavy atom. The molecule has 0 N–H and O–H groups in total. The lowest BCUT2D eigenvalue weighted by Gasteiger charge is -2.35. The van der Waals surface area contributed by atoms with Crippen LogP contribution in [0, 0.1) is 0 Å². The molecule has 1 aromatic heterocycles. The first kappa shape index (κ1) is 18.9. The topological polar surface area (TPSA) is 54.9 Å².